The van der Waals surface area contributed by atoms with Crippen molar-refractivity contribution in [2.75, 3.05) is 25.6 Å². The van der Waals surface area contributed by atoms with E-state index in [1.807, 2.05) is 0 Å². The van der Waals surface area contributed by atoms with Crippen molar-refractivity contribution in [3.8, 4) is 0 Å². The van der Waals surface area contributed by atoms with Gasteiger partial charge in [0.1, 0.15) is 11.6 Å². The number of carbonyl (C=O) groups excluding carboxylic acids is 1. The maximum absolute atomic E-state index is 13.4. The van der Waals surface area contributed by atoms with Crippen LogP contribution in [-0.2, 0) is 4.74 Å². The highest BCUT2D eigenvalue weighted by Crippen LogP contribution is 2.13. The van der Waals surface area contributed by atoms with Crippen LogP contribution in [0.3, 0.4) is 0 Å². The van der Waals surface area contributed by atoms with E-state index in [2.05, 4.69) is 5.32 Å². The van der Waals surface area contributed by atoms with Crippen LogP contribution in [0.15, 0.2) is 12.1 Å². The van der Waals surface area contributed by atoms with Crippen molar-refractivity contribution < 1.29 is 18.3 Å². The molecule has 106 valence electrons. The lowest BCUT2D eigenvalue weighted by Gasteiger charge is -2.07. The Labute approximate surface area is 115 Å². The van der Waals surface area contributed by atoms with Gasteiger partial charge in [0.05, 0.1) is 12.2 Å². The van der Waals surface area contributed by atoms with Gasteiger partial charge in [-0.1, -0.05) is 0 Å². The van der Waals surface area contributed by atoms with Gasteiger partial charge in [0, 0.05) is 25.1 Å². The zero-order chi connectivity index (χ0) is 14.3. The molecule has 0 aliphatic rings. The van der Waals surface area contributed by atoms with Crippen LogP contribution in [0.1, 0.15) is 22.3 Å². The first-order chi connectivity index (χ1) is 9.06. The van der Waals surface area contributed by atoms with Crippen molar-refractivity contribution in [3.05, 3.63) is 34.9 Å². The summed E-state index contributed by atoms with van der Waals surface area (Å²) in [5, 5.41) is 2.55. The number of hydrogen-bond donors (Lipinski definition) is 1. The first-order valence-electron chi connectivity index (χ1n) is 5.93. The third-order valence-electron chi connectivity index (χ3n) is 2.47. The molecule has 0 fully saturated rings. The van der Waals surface area contributed by atoms with E-state index >= 15 is 0 Å². The summed E-state index contributed by atoms with van der Waals surface area (Å²) in [5.74, 6) is -1.66. The van der Waals surface area contributed by atoms with Crippen LogP contribution >= 0.6 is 11.6 Å². The molecular formula is C13H16ClF2NO2. The monoisotopic (exact) mass is 291 g/mol. The number of ether oxygens (including phenoxy) is 1. The van der Waals surface area contributed by atoms with Gasteiger partial charge in [-0.2, -0.15) is 0 Å². The highest BCUT2D eigenvalue weighted by molar-refractivity contribution is 6.17. The topological polar surface area (TPSA) is 38.3 Å². The molecule has 1 aromatic rings. The standard InChI is InChI=1S/C13H16ClF2NO2/c1-9-7-10(12(16)8-11(9)15)13(18)17-4-2-5-19-6-3-14/h7-8H,2-6H2,1H3,(H,17,18). The predicted molar refractivity (Wildman–Crippen MR) is 69.6 cm³/mol. The van der Waals surface area contributed by atoms with Crippen molar-refractivity contribution in [3.63, 3.8) is 0 Å². The maximum atomic E-state index is 13.4. The van der Waals surface area contributed by atoms with Gasteiger partial charge in [0.15, 0.2) is 0 Å². The molecule has 6 heteroatoms. The number of hydrogen-bond acceptors (Lipinski definition) is 2. The summed E-state index contributed by atoms with van der Waals surface area (Å²) in [6.07, 6.45) is 0.602. The van der Waals surface area contributed by atoms with Crippen molar-refractivity contribution >= 4 is 17.5 Å². The Morgan fingerprint density at radius 2 is 2.05 bits per heavy atom. The molecule has 0 aliphatic carbocycles. The van der Waals surface area contributed by atoms with E-state index in [0.717, 1.165) is 0 Å². The SMILES string of the molecule is Cc1cc(C(=O)NCCCOCCCl)c(F)cc1F. The van der Waals surface area contributed by atoms with E-state index in [-0.39, 0.29) is 11.1 Å². The fourth-order valence-electron chi connectivity index (χ4n) is 1.46. The van der Waals surface area contributed by atoms with Gasteiger partial charge >= 0.3 is 0 Å². The number of aryl methyl sites for hydroxylation is 1. The highest BCUT2D eigenvalue weighted by atomic mass is 35.5. The largest absolute Gasteiger partial charge is 0.380 e. The minimum Gasteiger partial charge on any atom is -0.380 e. The summed E-state index contributed by atoms with van der Waals surface area (Å²) in [5.41, 5.74) is 0.0811. The first-order valence-corrected chi connectivity index (χ1v) is 6.47. The predicted octanol–water partition coefficient (Wildman–Crippen LogP) is 2.65. The normalized spacial score (nSPS) is 10.5. The van der Waals surface area contributed by atoms with Gasteiger partial charge in [-0.3, -0.25) is 4.79 Å². The van der Waals surface area contributed by atoms with E-state index in [9.17, 15) is 13.6 Å². The second-order valence-corrected chi connectivity index (χ2v) is 4.37. The number of rotatable bonds is 7. The summed E-state index contributed by atoms with van der Waals surface area (Å²) < 4.78 is 31.6. The van der Waals surface area contributed by atoms with E-state index in [0.29, 0.717) is 38.1 Å². The van der Waals surface area contributed by atoms with Crippen LogP contribution in [0.4, 0.5) is 8.78 Å². The molecule has 0 atom stereocenters. The lowest BCUT2D eigenvalue weighted by molar-refractivity contribution is 0.0940. The Morgan fingerprint density at radius 3 is 2.74 bits per heavy atom. The van der Waals surface area contributed by atoms with Gasteiger partial charge in [-0.05, 0) is 25.0 Å². The zero-order valence-electron chi connectivity index (χ0n) is 10.6. The fourth-order valence-corrected chi connectivity index (χ4v) is 1.57. The molecule has 0 aromatic heterocycles. The smallest absolute Gasteiger partial charge is 0.254 e. The molecule has 1 rings (SSSR count). The van der Waals surface area contributed by atoms with E-state index in [1.165, 1.54) is 13.0 Å². The number of amides is 1. The van der Waals surface area contributed by atoms with Crippen LogP contribution in [0.2, 0.25) is 0 Å². The van der Waals surface area contributed by atoms with Crippen molar-refractivity contribution in [1.82, 2.24) is 5.32 Å². The second-order valence-electron chi connectivity index (χ2n) is 3.99. The fraction of sp³-hybridized carbons (Fsp3) is 0.462. The Bertz CT molecular complexity index is 441. The molecule has 1 N–H and O–H groups in total. The zero-order valence-corrected chi connectivity index (χ0v) is 11.4. The number of alkyl halides is 1. The van der Waals surface area contributed by atoms with Gasteiger partial charge in [0.25, 0.3) is 5.91 Å². The van der Waals surface area contributed by atoms with Gasteiger partial charge < -0.3 is 10.1 Å². The van der Waals surface area contributed by atoms with Crippen molar-refractivity contribution in [1.29, 1.82) is 0 Å². The lowest BCUT2D eigenvalue weighted by atomic mass is 10.1. The maximum Gasteiger partial charge on any atom is 0.254 e. The lowest BCUT2D eigenvalue weighted by Crippen LogP contribution is -2.26. The molecule has 0 radical (unpaired) electrons. The second kappa shape index (κ2) is 8.07. The molecule has 0 unspecified atom stereocenters. The minimum atomic E-state index is -0.862. The number of benzene rings is 1. The summed E-state index contributed by atoms with van der Waals surface area (Å²) in [6, 6.07) is 1.91. The van der Waals surface area contributed by atoms with Crippen molar-refractivity contribution in [2.24, 2.45) is 0 Å². The Balaban J connectivity index is 2.43. The average molecular weight is 292 g/mol. The molecule has 0 saturated carbocycles. The molecule has 0 spiro atoms. The van der Waals surface area contributed by atoms with E-state index < -0.39 is 17.5 Å². The Hall–Kier alpha value is -1.20. The van der Waals surface area contributed by atoms with Crippen LogP contribution < -0.4 is 5.32 Å². The van der Waals surface area contributed by atoms with Crippen LogP contribution in [0, 0.1) is 18.6 Å². The minimum absolute atomic E-state index is 0.152. The highest BCUT2D eigenvalue weighted by Gasteiger charge is 2.13. The van der Waals surface area contributed by atoms with Crippen LogP contribution in [0.5, 0.6) is 0 Å². The van der Waals surface area contributed by atoms with E-state index in [4.69, 9.17) is 16.3 Å². The summed E-state index contributed by atoms with van der Waals surface area (Å²) >= 11 is 5.42. The number of halogens is 3. The first kappa shape index (κ1) is 15.9. The molecule has 3 nitrogen and oxygen atoms in total. The average Bonchev–Trinajstić information content (AvgIpc) is 2.37. The molecule has 0 heterocycles. The van der Waals surface area contributed by atoms with E-state index in [1.54, 1.807) is 0 Å². The van der Waals surface area contributed by atoms with Gasteiger partial charge in [0.2, 0.25) is 0 Å². The molecule has 1 amide bonds. The summed E-state index contributed by atoms with van der Waals surface area (Å²) in [6.45, 7) is 2.77. The quantitative estimate of drug-likeness (QED) is 0.619. The molecule has 1 aromatic carbocycles. The van der Waals surface area contributed by atoms with Crippen molar-refractivity contribution in [2.45, 2.75) is 13.3 Å². The molecule has 0 aliphatic heterocycles. The third kappa shape index (κ3) is 5.12. The number of carbonyl (C=O) groups is 1. The van der Waals surface area contributed by atoms with Crippen LogP contribution in [0.25, 0.3) is 0 Å². The summed E-state index contributed by atoms with van der Waals surface area (Å²) in [7, 11) is 0. The summed E-state index contributed by atoms with van der Waals surface area (Å²) in [4.78, 5) is 11.7. The molecule has 0 saturated heterocycles. The molecular weight excluding hydrogens is 276 g/mol. The molecule has 19 heavy (non-hydrogen) atoms. The number of nitrogens with one attached hydrogen (secondary N) is 1. The van der Waals surface area contributed by atoms with Gasteiger partial charge in [-0.15, -0.1) is 11.6 Å². The molecule has 0 bridgehead atoms. The van der Waals surface area contributed by atoms with Gasteiger partial charge in [-0.25, -0.2) is 8.78 Å². The Kier molecular flexibility index (Phi) is 6.73. The van der Waals surface area contributed by atoms with Crippen LogP contribution in [-0.4, -0.2) is 31.5 Å². The Morgan fingerprint density at radius 1 is 1.32 bits per heavy atom. The third-order valence-corrected chi connectivity index (χ3v) is 2.62.